The number of aromatic amines is 1. The molecule has 1 heterocycles. The number of hydrogen-bond donors (Lipinski definition) is 3. The van der Waals surface area contributed by atoms with Crippen molar-refractivity contribution in [3.63, 3.8) is 0 Å². The molecule has 0 radical (unpaired) electrons. The number of aromatic nitrogens is 3. The molecular weight excluding hydrogens is 334 g/mol. The number of benzene rings is 2. The zero-order valence-electron chi connectivity index (χ0n) is 13.2. The molecule has 0 bridgehead atoms. The van der Waals surface area contributed by atoms with Gasteiger partial charge < -0.3 is 10.2 Å². The summed E-state index contributed by atoms with van der Waals surface area (Å²) < 4.78 is 2.32. The van der Waals surface area contributed by atoms with Gasteiger partial charge in [0.05, 0.1) is 5.69 Å². The average molecular weight is 349 g/mol. The van der Waals surface area contributed by atoms with Gasteiger partial charge in [0.15, 0.2) is 10.6 Å². The van der Waals surface area contributed by atoms with E-state index in [0.717, 1.165) is 22.0 Å². The van der Waals surface area contributed by atoms with Crippen molar-refractivity contribution in [2.75, 3.05) is 0 Å². The van der Waals surface area contributed by atoms with Crippen molar-refractivity contribution in [3.05, 3.63) is 82.8 Å². The highest BCUT2D eigenvalue weighted by molar-refractivity contribution is 7.71. The monoisotopic (exact) mass is 349 g/mol. The van der Waals surface area contributed by atoms with Gasteiger partial charge in [0.1, 0.15) is 11.5 Å². The highest BCUT2D eigenvalue weighted by Crippen LogP contribution is 2.29. The lowest BCUT2D eigenvalue weighted by Gasteiger charge is -2.12. The Balaban J connectivity index is 1.95. The van der Waals surface area contributed by atoms with Gasteiger partial charge in [-0.3, -0.25) is 9.67 Å². The third kappa shape index (κ3) is 2.77. The number of nitrogens with one attached hydrogen (secondary N) is 1. The van der Waals surface area contributed by atoms with Gasteiger partial charge in [0, 0.05) is 23.5 Å². The molecule has 1 aromatic heterocycles. The summed E-state index contributed by atoms with van der Waals surface area (Å²) in [7, 11) is 0. The molecule has 0 fully saturated rings. The van der Waals surface area contributed by atoms with Crippen molar-refractivity contribution < 1.29 is 10.2 Å². The topological polar surface area (TPSA) is 74.1 Å². The summed E-state index contributed by atoms with van der Waals surface area (Å²) in [6.45, 7) is 0. The largest absolute Gasteiger partial charge is 0.512 e. The van der Waals surface area contributed by atoms with Crippen LogP contribution < -0.4 is 0 Å². The van der Waals surface area contributed by atoms with Crippen molar-refractivity contribution in [1.82, 2.24) is 14.8 Å². The van der Waals surface area contributed by atoms with Crippen LogP contribution in [0.4, 0.5) is 0 Å². The number of fused-ring (bicyclic) bond motifs is 1. The summed E-state index contributed by atoms with van der Waals surface area (Å²) in [6, 6.07) is 14.1. The Labute approximate surface area is 148 Å². The Morgan fingerprint density at radius 1 is 1.04 bits per heavy atom. The first-order valence-electron chi connectivity index (χ1n) is 7.79. The van der Waals surface area contributed by atoms with Crippen LogP contribution in [0.25, 0.3) is 22.0 Å². The molecule has 3 aromatic rings. The first-order valence-corrected chi connectivity index (χ1v) is 8.19. The molecule has 2 aromatic carbocycles. The number of nitrogens with zero attached hydrogens (tertiary/aromatic N) is 2. The predicted octanol–water partition coefficient (Wildman–Crippen LogP) is 4.75. The van der Waals surface area contributed by atoms with E-state index in [0.29, 0.717) is 10.6 Å². The van der Waals surface area contributed by atoms with Crippen molar-refractivity contribution >= 4 is 28.6 Å². The lowest BCUT2D eigenvalue weighted by atomic mass is 10.1. The summed E-state index contributed by atoms with van der Waals surface area (Å²) in [4.78, 5) is 0. The first kappa shape index (κ1) is 15.4. The summed E-state index contributed by atoms with van der Waals surface area (Å²) in [6.07, 6.45) is 4.85. The van der Waals surface area contributed by atoms with Crippen LogP contribution >= 0.6 is 12.2 Å². The molecule has 1 aliphatic carbocycles. The van der Waals surface area contributed by atoms with E-state index in [2.05, 4.69) is 10.2 Å². The van der Waals surface area contributed by atoms with Gasteiger partial charge in [-0.05, 0) is 29.7 Å². The van der Waals surface area contributed by atoms with Crippen LogP contribution in [-0.4, -0.2) is 25.0 Å². The van der Waals surface area contributed by atoms with Gasteiger partial charge >= 0.3 is 0 Å². The minimum absolute atomic E-state index is 0.00153. The smallest absolute Gasteiger partial charge is 0.200 e. The van der Waals surface area contributed by atoms with Gasteiger partial charge in [-0.2, -0.15) is 5.10 Å². The van der Waals surface area contributed by atoms with Gasteiger partial charge in [0.2, 0.25) is 0 Å². The number of aliphatic hydroxyl groups is 2. The zero-order chi connectivity index (χ0) is 17.4. The van der Waals surface area contributed by atoms with Gasteiger partial charge in [0.25, 0.3) is 0 Å². The van der Waals surface area contributed by atoms with Crippen LogP contribution in [0.3, 0.4) is 0 Å². The molecule has 25 heavy (non-hydrogen) atoms. The van der Waals surface area contributed by atoms with E-state index >= 15 is 0 Å². The summed E-state index contributed by atoms with van der Waals surface area (Å²) in [5, 5.41) is 29.0. The van der Waals surface area contributed by atoms with E-state index in [-0.39, 0.29) is 17.9 Å². The SMILES string of the molecule is OC1=CC=C(c2n[nH]c(=S)n2-c2cccc3ccccc23)CC(O)=C1. The lowest BCUT2D eigenvalue weighted by Crippen LogP contribution is -2.02. The van der Waals surface area contributed by atoms with E-state index in [1.807, 2.05) is 47.0 Å². The number of allylic oxidation sites excluding steroid dienone is 4. The molecule has 0 spiro atoms. The Morgan fingerprint density at radius 2 is 1.84 bits per heavy atom. The fourth-order valence-corrected chi connectivity index (χ4v) is 3.23. The maximum Gasteiger partial charge on any atom is 0.200 e. The predicted molar refractivity (Wildman–Crippen MR) is 100 cm³/mol. The quantitative estimate of drug-likeness (QED) is 0.584. The molecule has 0 saturated heterocycles. The minimum atomic E-state index is -0.00153. The van der Waals surface area contributed by atoms with E-state index in [4.69, 9.17) is 12.2 Å². The van der Waals surface area contributed by atoms with Gasteiger partial charge in [-0.15, -0.1) is 0 Å². The third-order valence-corrected chi connectivity index (χ3v) is 4.38. The number of hydrogen-bond acceptors (Lipinski definition) is 4. The van der Waals surface area contributed by atoms with Crippen molar-refractivity contribution in [3.8, 4) is 5.69 Å². The average Bonchev–Trinajstić information content (AvgIpc) is 2.90. The Kier molecular flexibility index (Phi) is 3.74. The van der Waals surface area contributed by atoms with E-state index in [1.165, 1.54) is 12.2 Å². The lowest BCUT2D eigenvalue weighted by molar-refractivity contribution is 0.386. The molecule has 3 N–H and O–H groups in total. The highest BCUT2D eigenvalue weighted by atomic mass is 32.1. The fourth-order valence-electron chi connectivity index (χ4n) is 3.00. The molecule has 5 nitrogen and oxygen atoms in total. The van der Waals surface area contributed by atoms with Gasteiger partial charge in [-0.25, -0.2) is 0 Å². The second-order valence-electron chi connectivity index (χ2n) is 5.78. The molecule has 0 aliphatic heterocycles. The fraction of sp³-hybridized carbons (Fsp3) is 0.0526. The summed E-state index contributed by atoms with van der Waals surface area (Å²) >= 11 is 5.45. The molecule has 124 valence electrons. The number of H-pyrrole nitrogens is 1. The van der Waals surface area contributed by atoms with Crippen LogP contribution in [0.15, 0.2) is 72.2 Å². The first-order chi connectivity index (χ1) is 12.1. The normalized spacial score (nSPS) is 14.6. The van der Waals surface area contributed by atoms with Crippen LogP contribution in [0.2, 0.25) is 0 Å². The molecule has 6 heteroatoms. The Hall–Kier alpha value is -3.12. The molecule has 0 saturated carbocycles. The Morgan fingerprint density at radius 3 is 2.72 bits per heavy atom. The van der Waals surface area contributed by atoms with Crippen molar-refractivity contribution in [1.29, 1.82) is 0 Å². The van der Waals surface area contributed by atoms with Crippen molar-refractivity contribution in [2.24, 2.45) is 0 Å². The zero-order valence-corrected chi connectivity index (χ0v) is 14.0. The highest BCUT2D eigenvalue weighted by Gasteiger charge is 2.17. The molecule has 0 unspecified atom stereocenters. The number of rotatable bonds is 2. The van der Waals surface area contributed by atoms with Crippen LogP contribution in [0.5, 0.6) is 0 Å². The Bertz CT molecular complexity index is 1110. The van der Waals surface area contributed by atoms with Crippen LogP contribution in [-0.2, 0) is 0 Å². The van der Waals surface area contributed by atoms with Crippen LogP contribution in [0, 0.1) is 4.77 Å². The maximum atomic E-state index is 9.98. The van der Waals surface area contributed by atoms with Crippen LogP contribution in [0.1, 0.15) is 12.2 Å². The third-order valence-electron chi connectivity index (χ3n) is 4.11. The van der Waals surface area contributed by atoms with Gasteiger partial charge in [-0.1, -0.05) is 42.5 Å². The summed E-state index contributed by atoms with van der Waals surface area (Å²) in [5.41, 5.74) is 1.66. The van der Waals surface area contributed by atoms with E-state index in [9.17, 15) is 10.2 Å². The van der Waals surface area contributed by atoms with E-state index < -0.39 is 0 Å². The molecule has 0 atom stereocenters. The van der Waals surface area contributed by atoms with E-state index in [1.54, 1.807) is 6.08 Å². The number of aliphatic hydroxyl groups excluding tert-OH is 2. The molecule has 0 amide bonds. The maximum absolute atomic E-state index is 9.98. The molecule has 4 rings (SSSR count). The minimum Gasteiger partial charge on any atom is -0.512 e. The molecule has 1 aliphatic rings. The standard InChI is InChI=1S/C19H15N3O2S/c23-14-9-8-13(10-15(24)11-14)18-20-21-19(25)22(18)17-7-3-5-12-4-1-2-6-16(12)17/h1-9,11,23-24H,10H2,(H,21,25). The molecular formula is C19H15N3O2S. The van der Waals surface area contributed by atoms with Crippen molar-refractivity contribution in [2.45, 2.75) is 6.42 Å². The second-order valence-corrected chi connectivity index (χ2v) is 6.17. The summed E-state index contributed by atoms with van der Waals surface area (Å²) in [5.74, 6) is 0.668. The second kappa shape index (κ2) is 6.07.